The van der Waals surface area contributed by atoms with E-state index >= 15 is 0 Å². The van der Waals surface area contributed by atoms with Crippen LogP contribution >= 0.6 is 0 Å². The van der Waals surface area contributed by atoms with Crippen molar-refractivity contribution in [2.45, 2.75) is 20.4 Å². The molecule has 0 aliphatic heterocycles. The van der Waals surface area contributed by atoms with Crippen molar-refractivity contribution in [2.75, 3.05) is 5.32 Å². The van der Waals surface area contributed by atoms with Crippen LogP contribution in [0.5, 0.6) is 0 Å². The van der Waals surface area contributed by atoms with Crippen LogP contribution in [-0.2, 0) is 6.54 Å². The first-order valence-electron chi connectivity index (χ1n) is 7.63. The minimum Gasteiger partial charge on any atom is -0.444 e. The minimum absolute atomic E-state index is 0.509. The van der Waals surface area contributed by atoms with E-state index in [-0.39, 0.29) is 0 Å². The third-order valence-electron chi connectivity index (χ3n) is 3.78. The summed E-state index contributed by atoms with van der Waals surface area (Å²) in [6.45, 7) is 4.27. The summed E-state index contributed by atoms with van der Waals surface area (Å²) in [5.74, 6) is 2.18. The van der Waals surface area contributed by atoms with Gasteiger partial charge in [-0.25, -0.2) is 19.6 Å². The summed E-state index contributed by atoms with van der Waals surface area (Å²) >= 11 is 0. The molecular formula is C17H16N6O. The van der Waals surface area contributed by atoms with Crippen molar-refractivity contribution >= 4 is 16.9 Å². The lowest BCUT2D eigenvalue weighted by atomic mass is 10.3. The lowest BCUT2D eigenvalue weighted by Gasteiger charge is -2.06. The van der Waals surface area contributed by atoms with Crippen LogP contribution in [0.1, 0.15) is 17.3 Å². The van der Waals surface area contributed by atoms with E-state index in [4.69, 9.17) is 4.42 Å². The Morgan fingerprint density at radius 3 is 2.71 bits per heavy atom. The quantitative estimate of drug-likeness (QED) is 0.622. The summed E-state index contributed by atoms with van der Waals surface area (Å²) in [6, 6.07) is 9.89. The van der Waals surface area contributed by atoms with Crippen molar-refractivity contribution in [1.82, 2.24) is 24.7 Å². The van der Waals surface area contributed by atoms with E-state index in [9.17, 15) is 0 Å². The molecule has 24 heavy (non-hydrogen) atoms. The first-order valence-corrected chi connectivity index (χ1v) is 7.63. The maximum Gasteiger partial charge on any atom is 0.191 e. The fourth-order valence-electron chi connectivity index (χ4n) is 2.64. The highest BCUT2D eigenvalue weighted by atomic mass is 16.4. The molecule has 0 saturated carbocycles. The Morgan fingerprint density at radius 2 is 1.96 bits per heavy atom. The van der Waals surface area contributed by atoms with Crippen molar-refractivity contribution in [3.8, 4) is 5.69 Å². The number of hydrogen-bond donors (Lipinski definition) is 1. The average Bonchev–Trinajstić information content (AvgIpc) is 3.17. The Morgan fingerprint density at radius 1 is 1.12 bits per heavy atom. The number of nitrogens with one attached hydrogen (secondary N) is 1. The monoisotopic (exact) mass is 320 g/mol. The molecule has 0 radical (unpaired) electrons. The molecule has 7 nitrogen and oxygen atoms in total. The van der Waals surface area contributed by atoms with E-state index in [1.807, 2.05) is 44.2 Å². The van der Waals surface area contributed by atoms with Crippen LogP contribution in [0.3, 0.4) is 0 Å². The van der Waals surface area contributed by atoms with Crippen molar-refractivity contribution in [3.63, 3.8) is 0 Å². The normalized spacial score (nSPS) is 11.1. The van der Waals surface area contributed by atoms with Crippen molar-refractivity contribution in [2.24, 2.45) is 0 Å². The van der Waals surface area contributed by atoms with Crippen LogP contribution in [0, 0.1) is 13.8 Å². The Balaban J connectivity index is 1.67. The molecule has 0 spiro atoms. The summed E-state index contributed by atoms with van der Waals surface area (Å²) in [7, 11) is 0. The Bertz CT molecular complexity index is 989. The maximum atomic E-state index is 5.58. The average molecular weight is 320 g/mol. The predicted octanol–water partition coefficient (Wildman–Crippen LogP) is 3.03. The van der Waals surface area contributed by atoms with Crippen LogP contribution in [0.2, 0.25) is 0 Å². The number of nitrogens with zero attached hydrogens (tertiary/aromatic N) is 5. The van der Waals surface area contributed by atoms with Gasteiger partial charge < -0.3 is 9.73 Å². The van der Waals surface area contributed by atoms with Crippen LogP contribution < -0.4 is 5.32 Å². The van der Waals surface area contributed by atoms with Gasteiger partial charge in [-0.05, 0) is 19.1 Å². The van der Waals surface area contributed by atoms with E-state index in [0.717, 1.165) is 34.0 Å². The second-order valence-electron chi connectivity index (χ2n) is 5.45. The number of aryl methyl sites for hydroxylation is 2. The second-order valence-corrected chi connectivity index (χ2v) is 5.45. The molecule has 0 amide bonds. The molecule has 0 aliphatic carbocycles. The molecule has 1 aromatic carbocycles. The lowest BCUT2D eigenvalue weighted by Crippen LogP contribution is -2.03. The number of hydrogen-bond acceptors (Lipinski definition) is 6. The van der Waals surface area contributed by atoms with E-state index in [0.29, 0.717) is 12.4 Å². The van der Waals surface area contributed by atoms with Gasteiger partial charge in [-0.15, -0.1) is 0 Å². The Hall–Kier alpha value is -3.22. The molecule has 0 unspecified atom stereocenters. The van der Waals surface area contributed by atoms with E-state index in [2.05, 4.69) is 25.4 Å². The highest BCUT2D eigenvalue weighted by molar-refractivity contribution is 5.87. The predicted molar refractivity (Wildman–Crippen MR) is 90.0 cm³/mol. The number of fused-ring (bicyclic) bond motifs is 1. The van der Waals surface area contributed by atoms with Crippen molar-refractivity contribution in [3.05, 3.63) is 60.2 Å². The number of aromatic nitrogens is 5. The number of benzene rings is 1. The van der Waals surface area contributed by atoms with Gasteiger partial charge in [-0.1, -0.05) is 18.2 Å². The largest absolute Gasteiger partial charge is 0.444 e. The van der Waals surface area contributed by atoms with Gasteiger partial charge in [0, 0.05) is 6.92 Å². The van der Waals surface area contributed by atoms with Gasteiger partial charge in [-0.2, -0.15) is 5.10 Å². The summed E-state index contributed by atoms with van der Waals surface area (Å²) in [6.07, 6.45) is 3.30. The molecule has 4 aromatic rings. The van der Waals surface area contributed by atoms with Crippen molar-refractivity contribution in [1.29, 1.82) is 0 Å². The fraction of sp³-hybridized carbons (Fsp3) is 0.176. The van der Waals surface area contributed by atoms with Crippen molar-refractivity contribution < 1.29 is 4.42 Å². The molecule has 0 fully saturated rings. The lowest BCUT2D eigenvalue weighted by molar-refractivity contribution is 0.480. The minimum atomic E-state index is 0.509. The Kier molecular flexibility index (Phi) is 3.45. The maximum absolute atomic E-state index is 5.58. The van der Waals surface area contributed by atoms with Gasteiger partial charge >= 0.3 is 0 Å². The highest BCUT2D eigenvalue weighted by Crippen LogP contribution is 2.22. The molecule has 120 valence electrons. The van der Waals surface area contributed by atoms with Crippen LogP contribution in [0.4, 0.5) is 5.82 Å². The second kappa shape index (κ2) is 5.77. The summed E-state index contributed by atoms with van der Waals surface area (Å²) < 4.78 is 7.38. The molecule has 0 aliphatic rings. The number of para-hydroxylation sites is 1. The molecule has 0 bridgehead atoms. The van der Waals surface area contributed by atoms with Crippen LogP contribution in [0.25, 0.3) is 16.7 Å². The van der Waals surface area contributed by atoms with Gasteiger partial charge in [0.05, 0.1) is 29.5 Å². The molecule has 1 N–H and O–H groups in total. The number of anilines is 1. The highest BCUT2D eigenvalue weighted by Gasteiger charge is 2.12. The van der Waals surface area contributed by atoms with Crippen LogP contribution in [0.15, 0.2) is 47.3 Å². The zero-order valence-electron chi connectivity index (χ0n) is 13.4. The summed E-state index contributed by atoms with van der Waals surface area (Å²) in [5, 5.41) is 8.58. The first kappa shape index (κ1) is 14.4. The van der Waals surface area contributed by atoms with Gasteiger partial charge in [0.1, 0.15) is 17.9 Å². The summed E-state index contributed by atoms with van der Waals surface area (Å²) in [5.41, 5.74) is 2.59. The summed E-state index contributed by atoms with van der Waals surface area (Å²) in [4.78, 5) is 13.0. The van der Waals surface area contributed by atoms with E-state index < -0.39 is 0 Å². The molecule has 3 heterocycles. The van der Waals surface area contributed by atoms with E-state index in [1.54, 1.807) is 10.9 Å². The van der Waals surface area contributed by atoms with Gasteiger partial charge in [-0.3, -0.25) is 0 Å². The van der Waals surface area contributed by atoms with Crippen LogP contribution in [-0.4, -0.2) is 24.7 Å². The SMILES string of the molecule is Cc1nc(C)c(CNc2ncnc3c2cnn3-c2ccccc2)o1. The zero-order valence-corrected chi connectivity index (χ0v) is 13.4. The Labute approximate surface area is 138 Å². The zero-order chi connectivity index (χ0) is 16.5. The van der Waals surface area contributed by atoms with Gasteiger partial charge in [0.2, 0.25) is 0 Å². The molecular weight excluding hydrogens is 304 g/mol. The number of rotatable bonds is 4. The molecule has 0 atom stereocenters. The first-order chi connectivity index (χ1) is 11.7. The fourth-order valence-corrected chi connectivity index (χ4v) is 2.64. The standard InChI is InChI=1S/C17H16N6O/c1-11-15(24-12(2)22-11)9-18-16-14-8-21-23(17(14)20-10-19-16)13-6-4-3-5-7-13/h3-8,10H,9H2,1-2H3,(H,18,19,20). The molecule has 0 saturated heterocycles. The number of oxazole rings is 1. The smallest absolute Gasteiger partial charge is 0.191 e. The third-order valence-corrected chi connectivity index (χ3v) is 3.78. The van der Waals surface area contributed by atoms with Gasteiger partial charge in [0.15, 0.2) is 11.5 Å². The van der Waals surface area contributed by atoms with E-state index in [1.165, 1.54) is 6.33 Å². The topological polar surface area (TPSA) is 81.7 Å². The molecule has 3 aromatic heterocycles. The molecule has 7 heteroatoms. The van der Waals surface area contributed by atoms with Gasteiger partial charge in [0.25, 0.3) is 0 Å². The third kappa shape index (κ3) is 2.50. The molecule has 4 rings (SSSR count).